The second-order valence-electron chi connectivity index (χ2n) is 5.79. The summed E-state index contributed by atoms with van der Waals surface area (Å²) < 4.78 is 0. The lowest BCUT2D eigenvalue weighted by atomic mass is 10.1. The summed E-state index contributed by atoms with van der Waals surface area (Å²) in [6.45, 7) is 2.03. The number of benzene rings is 3. The van der Waals surface area contributed by atoms with E-state index in [2.05, 4.69) is 15.5 Å². The fraction of sp³-hybridized carbons (Fsp3) is 0.0952. The first-order valence-corrected chi connectivity index (χ1v) is 8.11. The standard InChI is InChI=1S/C21H19N3O/c1-16-7-9-17(10-8-16)15-21(25)22-18-11-13-20(14-12-18)24-23-19-5-3-2-4-6-19/h2-14H,15H2,1H3,(H,22,25). The van der Waals surface area contributed by atoms with E-state index in [0.717, 1.165) is 22.6 Å². The second kappa shape index (κ2) is 8.02. The number of nitrogens with one attached hydrogen (secondary N) is 1. The van der Waals surface area contributed by atoms with Gasteiger partial charge in [0.1, 0.15) is 0 Å². The van der Waals surface area contributed by atoms with Crippen molar-refractivity contribution in [3.63, 3.8) is 0 Å². The van der Waals surface area contributed by atoms with Gasteiger partial charge < -0.3 is 5.32 Å². The van der Waals surface area contributed by atoms with E-state index in [1.807, 2.05) is 85.8 Å². The summed E-state index contributed by atoms with van der Waals surface area (Å²) >= 11 is 0. The summed E-state index contributed by atoms with van der Waals surface area (Å²) in [5.74, 6) is -0.0393. The lowest BCUT2D eigenvalue weighted by Crippen LogP contribution is -2.14. The third-order valence-electron chi connectivity index (χ3n) is 3.67. The highest BCUT2D eigenvalue weighted by Crippen LogP contribution is 2.20. The van der Waals surface area contributed by atoms with Crippen molar-refractivity contribution in [3.05, 3.63) is 90.0 Å². The molecule has 25 heavy (non-hydrogen) atoms. The maximum absolute atomic E-state index is 12.1. The monoisotopic (exact) mass is 329 g/mol. The van der Waals surface area contributed by atoms with Gasteiger partial charge in [-0.05, 0) is 48.9 Å². The Bertz CT molecular complexity index is 854. The maximum Gasteiger partial charge on any atom is 0.228 e. The molecule has 4 nitrogen and oxygen atoms in total. The molecule has 0 saturated carbocycles. The Labute approximate surface area is 147 Å². The molecule has 0 heterocycles. The predicted octanol–water partition coefficient (Wildman–Crippen LogP) is 5.59. The van der Waals surface area contributed by atoms with Crippen LogP contribution in [0, 0.1) is 6.92 Å². The Kier molecular flexibility index (Phi) is 5.32. The number of nitrogens with zero attached hydrogens (tertiary/aromatic N) is 2. The van der Waals surface area contributed by atoms with Gasteiger partial charge in [-0.25, -0.2) is 0 Å². The number of carbonyl (C=O) groups excluding carboxylic acids is 1. The molecule has 3 rings (SSSR count). The van der Waals surface area contributed by atoms with Crippen LogP contribution in [0.4, 0.5) is 17.1 Å². The SMILES string of the molecule is Cc1ccc(CC(=O)Nc2ccc(N=Nc3ccccc3)cc2)cc1. The Morgan fingerprint density at radius 1 is 0.800 bits per heavy atom. The van der Waals surface area contributed by atoms with E-state index < -0.39 is 0 Å². The van der Waals surface area contributed by atoms with Crippen LogP contribution in [0.2, 0.25) is 0 Å². The van der Waals surface area contributed by atoms with Crippen molar-refractivity contribution in [1.29, 1.82) is 0 Å². The lowest BCUT2D eigenvalue weighted by molar-refractivity contribution is -0.115. The molecule has 0 aliphatic rings. The Balaban J connectivity index is 1.57. The third-order valence-corrected chi connectivity index (χ3v) is 3.67. The first kappa shape index (κ1) is 16.6. The van der Waals surface area contributed by atoms with Crippen molar-refractivity contribution >= 4 is 23.0 Å². The molecule has 4 heteroatoms. The molecular formula is C21H19N3O. The molecule has 1 amide bonds. The van der Waals surface area contributed by atoms with Gasteiger partial charge in [-0.3, -0.25) is 4.79 Å². The number of azo groups is 1. The Morgan fingerprint density at radius 2 is 1.40 bits per heavy atom. The largest absolute Gasteiger partial charge is 0.326 e. The number of aryl methyl sites for hydroxylation is 1. The zero-order chi connectivity index (χ0) is 17.5. The average Bonchev–Trinajstić information content (AvgIpc) is 2.64. The van der Waals surface area contributed by atoms with Gasteiger partial charge in [0.15, 0.2) is 0 Å². The molecule has 0 bridgehead atoms. The summed E-state index contributed by atoms with van der Waals surface area (Å²) in [6, 6.07) is 24.8. The molecule has 0 aliphatic carbocycles. The number of hydrogen-bond donors (Lipinski definition) is 1. The van der Waals surface area contributed by atoms with Crippen LogP contribution in [0.1, 0.15) is 11.1 Å². The smallest absolute Gasteiger partial charge is 0.228 e. The molecule has 3 aromatic rings. The molecule has 0 atom stereocenters. The average molecular weight is 329 g/mol. The summed E-state index contributed by atoms with van der Waals surface area (Å²) in [5, 5.41) is 11.2. The minimum Gasteiger partial charge on any atom is -0.326 e. The van der Waals surface area contributed by atoms with Gasteiger partial charge in [-0.1, -0.05) is 48.0 Å². The molecule has 3 aromatic carbocycles. The van der Waals surface area contributed by atoms with Crippen LogP contribution in [0.3, 0.4) is 0 Å². The van der Waals surface area contributed by atoms with Gasteiger partial charge in [0.2, 0.25) is 5.91 Å². The quantitative estimate of drug-likeness (QED) is 0.609. The van der Waals surface area contributed by atoms with E-state index in [1.165, 1.54) is 5.56 Å². The fourth-order valence-corrected chi connectivity index (χ4v) is 2.32. The fourth-order valence-electron chi connectivity index (χ4n) is 2.32. The van der Waals surface area contributed by atoms with Gasteiger partial charge in [0.05, 0.1) is 17.8 Å². The summed E-state index contributed by atoms with van der Waals surface area (Å²) in [5.41, 5.74) is 4.47. The minimum absolute atomic E-state index is 0.0393. The van der Waals surface area contributed by atoms with E-state index >= 15 is 0 Å². The molecule has 0 aromatic heterocycles. The maximum atomic E-state index is 12.1. The molecule has 124 valence electrons. The molecule has 0 spiro atoms. The third kappa shape index (κ3) is 5.11. The normalized spacial score (nSPS) is 10.8. The van der Waals surface area contributed by atoms with Crippen LogP contribution in [0.25, 0.3) is 0 Å². The van der Waals surface area contributed by atoms with Crippen LogP contribution < -0.4 is 5.32 Å². The molecule has 0 unspecified atom stereocenters. The van der Waals surface area contributed by atoms with E-state index in [-0.39, 0.29) is 5.91 Å². The number of anilines is 1. The van der Waals surface area contributed by atoms with Gasteiger partial charge in [-0.2, -0.15) is 10.2 Å². The highest BCUT2D eigenvalue weighted by atomic mass is 16.1. The number of amides is 1. The highest BCUT2D eigenvalue weighted by molar-refractivity contribution is 5.92. The van der Waals surface area contributed by atoms with E-state index in [0.29, 0.717) is 6.42 Å². The van der Waals surface area contributed by atoms with Gasteiger partial charge >= 0.3 is 0 Å². The van der Waals surface area contributed by atoms with Crippen LogP contribution in [0.15, 0.2) is 89.1 Å². The lowest BCUT2D eigenvalue weighted by Gasteiger charge is -2.06. The first-order valence-electron chi connectivity index (χ1n) is 8.11. The van der Waals surface area contributed by atoms with Crippen LogP contribution in [-0.4, -0.2) is 5.91 Å². The van der Waals surface area contributed by atoms with Crippen molar-refractivity contribution in [3.8, 4) is 0 Å². The molecule has 0 fully saturated rings. The number of rotatable bonds is 5. The van der Waals surface area contributed by atoms with E-state index in [9.17, 15) is 4.79 Å². The molecule has 1 N–H and O–H groups in total. The van der Waals surface area contributed by atoms with Crippen molar-refractivity contribution in [2.75, 3.05) is 5.32 Å². The summed E-state index contributed by atoms with van der Waals surface area (Å²) in [6.07, 6.45) is 0.357. The summed E-state index contributed by atoms with van der Waals surface area (Å²) in [4.78, 5) is 12.1. The summed E-state index contributed by atoms with van der Waals surface area (Å²) in [7, 11) is 0. The zero-order valence-corrected chi connectivity index (χ0v) is 14.0. The predicted molar refractivity (Wildman–Crippen MR) is 101 cm³/mol. The van der Waals surface area contributed by atoms with Crippen LogP contribution in [-0.2, 0) is 11.2 Å². The van der Waals surface area contributed by atoms with Crippen LogP contribution >= 0.6 is 0 Å². The number of carbonyl (C=O) groups is 1. The Morgan fingerprint density at radius 3 is 2.04 bits per heavy atom. The van der Waals surface area contributed by atoms with Gasteiger partial charge in [0.25, 0.3) is 0 Å². The molecule has 0 aliphatic heterocycles. The van der Waals surface area contributed by atoms with Crippen LogP contribution in [0.5, 0.6) is 0 Å². The molecular weight excluding hydrogens is 310 g/mol. The molecule has 0 saturated heterocycles. The second-order valence-corrected chi connectivity index (χ2v) is 5.79. The topological polar surface area (TPSA) is 53.8 Å². The van der Waals surface area contributed by atoms with Gasteiger partial charge in [-0.15, -0.1) is 0 Å². The highest BCUT2D eigenvalue weighted by Gasteiger charge is 2.04. The van der Waals surface area contributed by atoms with Crippen molar-refractivity contribution in [1.82, 2.24) is 0 Å². The van der Waals surface area contributed by atoms with Crippen molar-refractivity contribution < 1.29 is 4.79 Å². The number of hydrogen-bond acceptors (Lipinski definition) is 3. The zero-order valence-electron chi connectivity index (χ0n) is 14.0. The van der Waals surface area contributed by atoms with Crippen molar-refractivity contribution in [2.24, 2.45) is 10.2 Å². The minimum atomic E-state index is -0.0393. The van der Waals surface area contributed by atoms with E-state index in [4.69, 9.17) is 0 Å². The first-order chi connectivity index (χ1) is 12.2. The van der Waals surface area contributed by atoms with Crippen molar-refractivity contribution in [2.45, 2.75) is 13.3 Å². The Hall–Kier alpha value is -3.27. The van der Waals surface area contributed by atoms with Gasteiger partial charge in [0, 0.05) is 5.69 Å². The molecule has 0 radical (unpaired) electrons. The van der Waals surface area contributed by atoms with E-state index in [1.54, 1.807) is 0 Å².